The molecule has 0 heterocycles. The highest BCUT2D eigenvalue weighted by molar-refractivity contribution is 5.94. The summed E-state index contributed by atoms with van der Waals surface area (Å²) in [5, 5.41) is 25.8. The fraction of sp³-hybridized carbons (Fsp3) is 0.565. The highest BCUT2D eigenvalue weighted by atomic mass is 16.4. The predicted octanol–water partition coefficient (Wildman–Crippen LogP) is -1.13. The lowest BCUT2D eigenvalue weighted by Gasteiger charge is -2.25. The van der Waals surface area contributed by atoms with Crippen LogP contribution in [0.15, 0.2) is 30.3 Å². The minimum Gasteiger partial charge on any atom is -0.480 e. The van der Waals surface area contributed by atoms with E-state index in [1.807, 2.05) is 6.07 Å². The number of aliphatic hydroxyl groups excluding tert-OH is 1. The Morgan fingerprint density at radius 1 is 0.882 bits per heavy atom. The molecule has 0 bridgehead atoms. The zero-order valence-corrected chi connectivity index (χ0v) is 19.7. The first kappa shape index (κ1) is 29.0. The molecule has 0 spiro atoms. The van der Waals surface area contributed by atoms with Crippen LogP contribution in [0, 0.1) is 5.92 Å². The van der Waals surface area contributed by atoms with Gasteiger partial charge in [0.15, 0.2) is 0 Å². The van der Waals surface area contributed by atoms with Crippen LogP contribution in [0.3, 0.4) is 0 Å². The largest absolute Gasteiger partial charge is 0.480 e. The molecule has 190 valence electrons. The van der Waals surface area contributed by atoms with Crippen LogP contribution in [0.1, 0.15) is 38.7 Å². The standard InChI is InChI=1S/C23H37N5O6/c1-14(2)19(25)22(32)27-17(12-15-8-4-3-5-9-15)21(31)26-16(10-6-7-11-24)20(30)28-18(13-29)23(33)34/h3-5,8-9,14,16-19,29H,6-7,10-13,24-25H2,1-2H3,(H,26,31)(H,27,32)(H,28,30)(H,33,34). The molecule has 0 radical (unpaired) electrons. The molecule has 3 amide bonds. The van der Waals surface area contributed by atoms with Gasteiger partial charge in [-0.1, -0.05) is 44.2 Å². The second-order valence-electron chi connectivity index (χ2n) is 8.45. The van der Waals surface area contributed by atoms with Gasteiger partial charge in [0.05, 0.1) is 12.6 Å². The number of carboxylic acids is 1. The SMILES string of the molecule is CC(C)C(N)C(=O)NC(Cc1ccccc1)C(=O)NC(CCCCN)C(=O)NC(CO)C(=O)O. The third kappa shape index (κ3) is 9.86. The van der Waals surface area contributed by atoms with Gasteiger partial charge in [0.25, 0.3) is 0 Å². The van der Waals surface area contributed by atoms with Gasteiger partial charge < -0.3 is 37.6 Å². The highest BCUT2D eigenvalue weighted by Gasteiger charge is 2.30. The fourth-order valence-electron chi connectivity index (χ4n) is 3.12. The van der Waals surface area contributed by atoms with Crippen molar-refractivity contribution in [2.75, 3.05) is 13.2 Å². The van der Waals surface area contributed by atoms with Crippen LogP contribution < -0.4 is 27.4 Å². The number of rotatable bonds is 15. The number of carbonyl (C=O) groups excluding carboxylic acids is 3. The minimum absolute atomic E-state index is 0.151. The number of carboxylic acid groups (broad SMARTS) is 1. The number of hydrogen-bond donors (Lipinski definition) is 7. The second kappa shape index (κ2) is 15.0. The predicted molar refractivity (Wildman–Crippen MR) is 126 cm³/mol. The number of hydrogen-bond acceptors (Lipinski definition) is 7. The third-order valence-corrected chi connectivity index (χ3v) is 5.31. The quantitative estimate of drug-likeness (QED) is 0.153. The maximum atomic E-state index is 13.2. The summed E-state index contributed by atoms with van der Waals surface area (Å²) in [5.41, 5.74) is 12.2. The zero-order chi connectivity index (χ0) is 25.7. The van der Waals surface area contributed by atoms with E-state index in [0.717, 1.165) is 5.56 Å². The van der Waals surface area contributed by atoms with Crippen LogP contribution in [0.4, 0.5) is 0 Å². The van der Waals surface area contributed by atoms with Gasteiger partial charge in [-0.25, -0.2) is 4.79 Å². The van der Waals surface area contributed by atoms with Crippen molar-refractivity contribution in [3.05, 3.63) is 35.9 Å². The smallest absolute Gasteiger partial charge is 0.328 e. The summed E-state index contributed by atoms with van der Waals surface area (Å²) in [6, 6.07) is 4.60. The van der Waals surface area contributed by atoms with Gasteiger partial charge in [-0.2, -0.15) is 0 Å². The van der Waals surface area contributed by atoms with Crippen LogP contribution in [-0.2, 0) is 25.6 Å². The van der Waals surface area contributed by atoms with Crippen molar-refractivity contribution in [1.29, 1.82) is 0 Å². The average molecular weight is 480 g/mol. The van der Waals surface area contributed by atoms with Crippen molar-refractivity contribution in [3.8, 4) is 0 Å². The molecule has 0 aliphatic rings. The molecule has 0 fully saturated rings. The van der Waals surface area contributed by atoms with Crippen LogP contribution in [-0.4, -0.2) is 71.2 Å². The Morgan fingerprint density at radius 2 is 1.44 bits per heavy atom. The molecule has 4 unspecified atom stereocenters. The summed E-state index contributed by atoms with van der Waals surface area (Å²) in [6.45, 7) is 3.16. The van der Waals surface area contributed by atoms with Crippen LogP contribution >= 0.6 is 0 Å². The minimum atomic E-state index is -1.51. The monoisotopic (exact) mass is 479 g/mol. The molecule has 0 aliphatic carbocycles. The van der Waals surface area contributed by atoms with Gasteiger partial charge in [-0.05, 0) is 37.3 Å². The van der Waals surface area contributed by atoms with E-state index in [1.165, 1.54) is 0 Å². The van der Waals surface area contributed by atoms with Gasteiger partial charge in [-0.15, -0.1) is 0 Å². The number of unbranched alkanes of at least 4 members (excludes halogenated alkanes) is 1. The molecule has 9 N–H and O–H groups in total. The number of amides is 3. The van der Waals surface area contributed by atoms with Crippen molar-refractivity contribution >= 4 is 23.7 Å². The first-order chi connectivity index (χ1) is 16.1. The van der Waals surface area contributed by atoms with Gasteiger partial charge in [0.2, 0.25) is 17.7 Å². The molecule has 0 aromatic heterocycles. The second-order valence-corrected chi connectivity index (χ2v) is 8.45. The highest BCUT2D eigenvalue weighted by Crippen LogP contribution is 2.08. The van der Waals surface area contributed by atoms with Crippen molar-refractivity contribution in [1.82, 2.24) is 16.0 Å². The van der Waals surface area contributed by atoms with Crippen molar-refractivity contribution in [2.45, 2.75) is 63.7 Å². The Balaban J connectivity index is 3.07. The molecule has 0 aliphatic heterocycles. The molecular formula is C23H37N5O6. The molecule has 1 aromatic rings. The molecule has 34 heavy (non-hydrogen) atoms. The van der Waals surface area contributed by atoms with E-state index < -0.39 is 54.5 Å². The van der Waals surface area contributed by atoms with Crippen molar-refractivity contribution < 1.29 is 29.4 Å². The lowest BCUT2D eigenvalue weighted by molar-refractivity contribution is -0.143. The van der Waals surface area contributed by atoms with Gasteiger partial charge in [0.1, 0.15) is 18.1 Å². The molecule has 1 aromatic carbocycles. The van der Waals surface area contributed by atoms with E-state index in [2.05, 4.69) is 16.0 Å². The van der Waals surface area contributed by atoms with Gasteiger partial charge in [0, 0.05) is 6.42 Å². The topological polar surface area (TPSA) is 197 Å². The Labute approximate surface area is 199 Å². The van der Waals surface area contributed by atoms with E-state index in [4.69, 9.17) is 16.6 Å². The number of nitrogens with one attached hydrogen (secondary N) is 3. The van der Waals surface area contributed by atoms with E-state index in [-0.39, 0.29) is 18.8 Å². The summed E-state index contributed by atoms with van der Waals surface area (Å²) in [6.07, 6.45) is 1.45. The van der Waals surface area contributed by atoms with E-state index in [1.54, 1.807) is 38.1 Å². The summed E-state index contributed by atoms with van der Waals surface area (Å²) in [4.78, 5) is 49.6. The van der Waals surface area contributed by atoms with E-state index in [9.17, 15) is 24.3 Å². The maximum absolute atomic E-state index is 13.2. The Morgan fingerprint density at radius 3 is 1.97 bits per heavy atom. The third-order valence-electron chi connectivity index (χ3n) is 5.31. The first-order valence-corrected chi connectivity index (χ1v) is 11.3. The molecule has 1 rings (SSSR count). The Hall–Kier alpha value is -3.02. The summed E-state index contributed by atoms with van der Waals surface area (Å²) < 4.78 is 0. The van der Waals surface area contributed by atoms with Crippen LogP contribution in [0.5, 0.6) is 0 Å². The van der Waals surface area contributed by atoms with E-state index in [0.29, 0.717) is 19.4 Å². The molecule has 11 nitrogen and oxygen atoms in total. The number of aliphatic hydroxyl groups is 1. The fourth-order valence-corrected chi connectivity index (χ4v) is 3.12. The van der Waals surface area contributed by atoms with Gasteiger partial charge >= 0.3 is 5.97 Å². The zero-order valence-electron chi connectivity index (χ0n) is 19.7. The van der Waals surface area contributed by atoms with Crippen molar-refractivity contribution in [2.24, 2.45) is 17.4 Å². The molecule has 0 saturated carbocycles. The van der Waals surface area contributed by atoms with Crippen LogP contribution in [0.25, 0.3) is 0 Å². The number of nitrogens with two attached hydrogens (primary N) is 2. The van der Waals surface area contributed by atoms with Crippen molar-refractivity contribution in [3.63, 3.8) is 0 Å². The molecule has 11 heteroatoms. The summed E-state index contributed by atoms with van der Waals surface area (Å²) >= 11 is 0. The molecule has 4 atom stereocenters. The lowest BCUT2D eigenvalue weighted by Crippen LogP contribution is -2.58. The molecule has 0 saturated heterocycles. The average Bonchev–Trinajstić information content (AvgIpc) is 2.80. The Kier molecular flexibility index (Phi) is 12.8. The summed E-state index contributed by atoms with van der Waals surface area (Å²) in [7, 11) is 0. The number of aliphatic carboxylic acids is 1. The summed E-state index contributed by atoms with van der Waals surface area (Å²) in [5.74, 6) is -3.42. The van der Waals surface area contributed by atoms with E-state index >= 15 is 0 Å². The van der Waals surface area contributed by atoms with Crippen LogP contribution in [0.2, 0.25) is 0 Å². The first-order valence-electron chi connectivity index (χ1n) is 11.3. The number of carbonyl (C=O) groups is 4. The number of benzene rings is 1. The molecular weight excluding hydrogens is 442 g/mol. The maximum Gasteiger partial charge on any atom is 0.328 e. The van der Waals surface area contributed by atoms with Gasteiger partial charge in [-0.3, -0.25) is 14.4 Å². The normalized spacial score (nSPS) is 14.5. The Bertz CT molecular complexity index is 804. The lowest BCUT2D eigenvalue weighted by atomic mass is 10.0.